The normalized spacial score (nSPS) is 17.0. The average molecular weight is 316 g/mol. The summed E-state index contributed by atoms with van der Waals surface area (Å²) in [7, 11) is 0. The number of hydrogen-bond acceptors (Lipinski definition) is 6. The van der Waals surface area contributed by atoms with E-state index < -0.39 is 11.6 Å². The van der Waals surface area contributed by atoms with E-state index in [0.717, 1.165) is 30.4 Å². The molecule has 1 aliphatic carbocycles. The van der Waals surface area contributed by atoms with Gasteiger partial charge in [0.05, 0.1) is 0 Å². The molecule has 0 spiro atoms. The van der Waals surface area contributed by atoms with Crippen LogP contribution in [0.3, 0.4) is 0 Å². The minimum Gasteiger partial charge on any atom is -0.453 e. The van der Waals surface area contributed by atoms with Crippen LogP contribution in [0.25, 0.3) is 11.4 Å². The van der Waals surface area contributed by atoms with Gasteiger partial charge in [-0.2, -0.15) is 4.98 Å². The van der Waals surface area contributed by atoms with Gasteiger partial charge in [0.15, 0.2) is 12.2 Å². The van der Waals surface area contributed by atoms with Gasteiger partial charge in [0.2, 0.25) is 5.82 Å². The smallest absolute Gasteiger partial charge is 0.338 e. The molecule has 1 saturated carbocycles. The highest BCUT2D eigenvalue weighted by atomic mass is 16.6. The SMILES string of the molecule is Cc1ccc(-c2noc(COC(=O)C3(O)CCCCC3)n2)cc1. The average Bonchev–Trinajstić information content (AvgIpc) is 3.03. The second kappa shape index (κ2) is 6.50. The van der Waals surface area contributed by atoms with Gasteiger partial charge in [0, 0.05) is 5.56 Å². The quantitative estimate of drug-likeness (QED) is 0.873. The summed E-state index contributed by atoms with van der Waals surface area (Å²) < 4.78 is 10.3. The van der Waals surface area contributed by atoms with Gasteiger partial charge >= 0.3 is 5.97 Å². The first-order valence-electron chi connectivity index (χ1n) is 7.86. The maximum atomic E-state index is 12.0. The van der Waals surface area contributed by atoms with Gasteiger partial charge in [0.25, 0.3) is 5.89 Å². The summed E-state index contributed by atoms with van der Waals surface area (Å²) in [5.74, 6) is 0.0630. The van der Waals surface area contributed by atoms with E-state index in [1.54, 1.807) is 0 Å². The van der Waals surface area contributed by atoms with Crippen molar-refractivity contribution in [3.8, 4) is 11.4 Å². The summed E-state index contributed by atoms with van der Waals surface area (Å²) in [6, 6.07) is 7.73. The van der Waals surface area contributed by atoms with Gasteiger partial charge in [-0.3, -0.25) is 0 Å². The third kappa shape index (κ3) is 3.59. The third-order valence-corrected chi connectivity index (χ3v) is 4.17. The number of carbonyl (C=O) groups excluding carboxylic acids is 1. The van der Waals surface area contributed by atoms with Crippen LogP contribution in [-0.4, -0.2) is 26.8 Å². The zero-order valence-electron chi connectivity index (χ0n) is 13.1. The van der Waals surface area contributed by atoms with Crippen molar-refractivity contribution in [2.24, 2.45) is 0 Å². The predicted molar refractivity (Wildman–Crippen MR) is 82.3 cm³/mol. The summed E-state index contributed by atoms with van der Waals surface area (Å²) in [6.07, 6.45) is 3.61. The molecule has 0 atom stereocenters. The van der Waals surface area contributed by atoms with Crippen LogP contribution in [-0.2, 0) is 16.1 Å². The Morgan fingerprint density at radius 1 is 1.26 bits per heavy atom. The van der Waals surface area contributed by atoms with Gasteiger partial charge in [-0.15, -0.1) is 0 Å². The van der Waals surface area contributed by atoms with Crippen molar-refractivity contribution in [2.75, 3.05) is 0 Å². The minimum atomic E-state index is -1.36. The largest absolute Gasteiger partial charge is 0.453 e. The molecule has 0 aliphatic heterocycles. The maximum absolute atomic E-state index is 12.0. The van der Waals surface area contributed by atoms with Gasteiger partial charge < -0.3 is 14.4 Å². The highest BCUT2D eigenvalue weighted by molar-refractivity contribution is 5.79. The zero-order valence-corrected chi connectivity index (χ0v) is 13.1. The Bertz CT molecular complexity index is 672. The van der Waals surface area contributed by atoms with Crippen molar-refractivity contribution in [2.45, 2.75) is 51.2 Å². The molecule has 1 aliphatic rings. The highest BCUT2D eigenvalue weighted by Gasteiger charge is 2.38. The van der Waals surface area contributed by atoms with E-state index in [9.17, 15) is 9.90 Å². The molecule has 23 heavy (non-hydrogen) atoms. The Hall–Kier alpha value is -2.21. The number of carbonyl (C=O) groups is 1. The van der Waals surface area contributed by atoms with Crippen molar-refractivity contribution in [3.63, 3.8) is 0 Å². The van der Waals surface area contributed by atoms with Crippen LogP contribution >= 0.6 is 0 Å². The fourth-order valence-electron chi connectivity index (χ4n) is 2.74. The van der Waals surface area contributed by atoms with Crippen LogP contribution in [0.2, 0.25) is 0 Å². The Balaban J connectivity index is 1.61. The number of aromatic nitrogens is 2. The molecule has 0 radical (unpaired) electrons. The van der Waals surface area contributed by atoms with Crippen molar-refractivity contribution < 1.29 is 19.2 Å². The lowest BCUT2D eigenvalue weighted by atomic mass is 9.85. The van der Waals surface area contributed by atoms with Crippen LogP contribution in [0.1, 0.15) is 43.6 Å². The molecule has 0 amide bonds. The molecule has 0 bridgehead atoms. The highest BCUT2D eigenvalue weighted by Crippen LogP contribution is 2.29. The molecule has 0 unspecified atom stereocenters. The van der Waals surface area contributed by atoms with Gasteiger partial charge in [-0.05, 0) is 32.6 Å². The zero-order chi connectivity index (χ0) is 16.3. The Labute approximate surface area is 134 Å². The summed E-state index contributed by atoms with van der Waals surface area (Å²) in [4.78, 5) is 16.3. The molecule has 3 rings (SSSR count). The first-order valence-corrected chi connectivity index (χ1v) is 7.86. The number of hydrogen-bond donors (Lipinski definition) is 1. The van der Waals surface area contributed by atoms with Crippen LogP contribution in [0.15, 0.2) is 28.8 Å². The first-order chi connectivity index (χ1) is 11.1. The molecule has 6 heteroatoms. The van der Waals surface area contributed by atoms with Gasteiger partial charge in [0.1, 0.15) is 0 Å². The van der Waals surface area contributed by atoms with Crippen LogP contribution in [0.5, 0.6) is 0 Å². The van der Waals surface area contributed by atoms with E-state index in [2.05, 4.69) is 10.1 Å². The van der Waals surface area contributed by atoms with E-state index in [1.807, 2.05) is 31.2 Å². The molecule has 1 aromatic heterocycles. The van der Waals surface area contributed by atoms with Crippen molar-refractivity contribution in [1.29, 1.82) is 0 Å². The third-order valence-electron chi connectivity index (χ3n) is 4.17. The number of esters is 1. The molecule has 6 nitrogen and oxygen atoms in total. The number of aliphatic hydroxyl groups is 1. The Kier molecular flexibility index (Phi) is 4.43. The molecule has 1 N–H and O–H groups in total. The Morgan fingerprint density at radius 3 is 2.65 bits per heavy atom. The lowest BCUT2D eigenvalue weighted by molar-refractivity contribution is -0.171. The van der Waals surface area contributed by atoms with E-state index >= 15 is 0 Å². The number of rotatable bonds is 4. The van der Waals surface area contributed by atoms with Crippen molar-refractivity contribution in [1.82, 2.24) is 10.1 Å². The van der Waals surface area contributed by atoms with E-state index in [4.69, 9.17) is 9.26 Å². The van der Waals surface area contributed by atoms with E-state index in [-0.39, 0.29) is 12.5 Å². The molecule has 0 saturated heterocycles. The minimum absolute atomic E-state index is 0.125. The predicted octanol–water partition coefficient (Wildman–Crippen LogP) is 2.78. The molecule has 1 heterocycles. The second-order valence-corrected chi connectivity index (χ2v) is 6.05. The van der Waals surface area contributed by atoms with Crippen LogP contribution < -0.4 is 0 Å². The van der Waals surface area contributed by atoms with E-state index in [1.165, 1.54) is 0 Å². The standard InChI is InChI=1S/C17H20N2O4/c1-12-5-7-13(8-6-12)15-18-14(23-19-15)11-22-16(20)17(21)9-3-2-4-10-17/h5-8,21H,2-4,9-11H2,1H3. The summed E-state index contributed by atoms with van der Waals surface area (Å²) >= 11 is 0. The topological polar surface area (TPSA) is 85.5 Å². The molecular formula is C17H20N2O4. The van der Waals surface area contributed by atoms with Gasteiger partial charge in [-0.25, -0.2) is 4.79 Å². The molecule has 122 valence electrons. The number of nitrogens with zero attached hydrogens (tertiary/aromatic N) is 2. The van der Waals surface area contributed by atoms with Crippen molar-refractivity contribution >= 4 is 5.97 Å². The fraction of sp³-hybridized carbons (Fsp3) is 0.471. The van der Waals surface area contributed by atoms with Crippen LogP contribution in [0.4, 0.5) is 0 Å². The lowest BCUT2D eigenvalue weighted by Gasteiger charge is -2.29. The molecule has 2 aromatic rings. The monoisotopic (exact) mass is 316 g/mol. The molecule has 1 aromatic carbocycles. The maximum Gasteiger partial charge on any atom is 0.338 e. The van der Waals surface area contributed by atoms with Crippen LogP contribution in [0, 0.1) is 6.92 Å². The summed E-state index contributed by atoms with van der Waals surface area (Å²) in [5.41, 5.74) is 0.618. The van der Waals surface area contributed by atoms with E-state index in [0.29, 0.717) is 18.7 Å². The summed E-state index contributed by atoms with van der Waals surface area (Å²) in [5, 5.41) is 14.2. The fourth-order valence-corrected chi connectivity index (χ4v) is 2.74. The molecular weight excluding hydrogens is 296 g/mol. The van der Waals surface area contributed by atoms with Gasteiger partial charge in [-0.1, -0.05) is 41.4 Å². The lowest BCUT2D eigenvalue weighted by Crippen LogP contribution is -2.41. The number of benzene rings is 1. The van der Waals surface area contributed by atoms with Crippen molar-refractivity contribution in [3.05, 3.63) is 35.7 Å². The molecule has 1 fully saturated rings. The summed E-state index contributed by atoms with van der Waals surface area (Å²) in [6.45, 7) is 1.88. The first kappa shape index (κ1) is 15.7. The number of aryl methyl sites for hydroxylation is 1. The number of ether oxygens (including phenoxy) is 1. The Morgan fingerprint density at radius 2 is 1.96 bits per heavy atom. The second-order valence-electron chi connectivity index (χ2n) is 6.05.